The maximum atomic E-state index is 13.7. The van der Waals surface area contributed by atoms with E-state index in [0.717, 1.165) is 6.07 Å². The lowest BCUT2D eigenvalue weighted by Gasteiger charge is -2.24. The van der Waals surface area contributed by atoms with Gasteiger partial charge >= 0.3 is 0 Å². The van der Waals surface area contributed by atoms with Crippen molar-refractivity contribution >= 4 is 11.6 Å². The van der Waals surface area contributed by atoms with Gasteiger partial charge in [0, 0.05) is 40.0 Å². The summed E-state index contributed by atoms with van der Waals surface area (Å²) in [6.45, 7) is 1.91. The number of halogens is 2. The Bertz CT molecular complexity index is 405. The molecule has 0 radical (unpaired) electrons. The Balaban J connectivity index is 2.85. The highest BCUT2D eigenvalue weighted by atomic mass is 19.1. The van der Waals surface area contributed by atoms with Crippen LogP contribution < -0.4 is 10.6 Å². The molecule has 0 amide bonds. The monoisotopic (exact) mass is 275 g/mol. The molecule has 0 aliphatic heterocycles. The summed E-state index contributed by atoms with van der Waals surface area (Å²) < 4.78 is 36.8. The van der Waals surface area contributed by atoms with E-state index in [9.17, 15) is 8.78 Å². The molecule has 2 N–H and O–H groups in total. The zero-order chi connectivity index (χ0) is 14.3. The van der Waals surface area contributed by atoms with E-state index in [1.54, 1.807) is 19.1 Å². The van der Waals surface area contributed by atoms with E-state index in [1.807, 2.05) is 0 Å². The van der Waals surface area contributed by atoms with Crippen LogP contribution in [0.4, 0.5) is 20.4 Å². The average Bonchev–Trinajstić information content (AvgIpc) is 2.38. The maximum absolute atomic E-state index is 13.7. The van der Waals surface area contributed by atoms with Crippen LogP contribution in [0.15, 0.2) is 6.07 Å². The molecule has 0 fully saturated rings. The van der Waals surface area contributed by atoms with Crippen LogP contribution in [-0.2, 0) is 9.47 Å². The Hall–Kier alpha value is -1.47. The van der Waals surface area contributed by atoms with Gasteiger partial charge in [-0.15, -0.1) is 0 Å². The molecule has 19 heavy (non-hydrogen) atoms. The van der Waals surface area contributed by atoms with Gasteiger partial charge in [0.25, 0.3) is 0 Å². The van der Waals surface area contributed by atoms with Crippen molar-refractivity contribution in [2.45, 2.75) is 6.42 Å². The second-order valence-electron chi connectivity index (χ2n) is 3.99. The van der Waals surface area contributed by atoms with Gasteiger partial charge < -0.3 is 20.1 Å². The number of rotatable bonds is 8. The van der Waals surface area contributed by atoms with Gasteiger partial charge in [0.15, 0.2) is 23.3 Å². The second kappa shape index (κ2) is 7.85. The molecule has 0 saturated heterocycles. The fourth-order valence-corrected chi connectivity index (χ4v) is 1.62. The van der Waals surface area contributed by atoms with Crippen molar-refractivity contribution in [2.24, 2.45) is 0 Å². The first-order valence-electron chi connectivity index (χ1n) is 5.94. The summed E-state index contributed by atoms with van der Waals surface area (Å²) in [7, 11) is 3.14. The van der Waals surface area contributed by atoms with Crippen molar-refractivity contribution in [1.82, 2.24) is 4.98 Å². The molecule has 1 aromatic heterocycles. The Morgan fingerprint density at radius 1 is 1.16 bits per heavy atom. The van der Waals surface area contributed by atoms with Gasteiger partial charge in [-0.2, -0.15) is 0 Å². The van der Waals surface area contributed by atoms with Crippen molar-refractivity contribution in [3.05, 3.63) is 17.7 Å². The number of pyridine rings is 1. The van der Waals surface area contributed by atoms with Gasteiger partial charge in [-0.1, -0.05) is 0 Å². The highest BCUT2D eigenvalue weighted by molar-refractivity contribution is 5.47. The molecular weight excluding hydrogens is 256 g/mol. The van der Waals surface area contributed by atoms with E-state index < -0.39 is 11.6 Å². The van der Waals surface area contributed by atoms with Crippen molar-refractivity contribution < 1.29 is 18.3 Å². The quantitative estimate of drug-likeness (QED) is 0.727. The lowest BCUT2D eigenvalue weighted by molar-refractivity contribution is 0.190. The molecule has 0 aliphatic rings. The number of methoxy groups -OCH3 is 2. The summed E-state index contributed by atoms with van der Waals surface area (Å²) >= 11 is 0. The van der Waals surface area contributed by atoms with Crippen LogP contribution in [0, 0.1) is 11.6 Å². The van der Waals surface area contributed by atoms with Crippen molar-refractivity contribution in [3.63, 3.8) is 0 Å². The predicted octanol–water partition coefficient (Wildman–Crippen LogP) is 1.43. The van der Waals surface area contributed by atoms with Crippen LogP contribution in [0.25, 0.3) is 0 Å². The molecule has 0 atom stereocenters. The molecule has 0 aromatic carbocycles. The first-order valence-corrected chi connectivity index (χ1v) is 5.94. The fourth-order valence-electron chi connectivity index (χ4n) is 1.62. The number of nitrogens with two attached hydrogens (primary N) is 1. The highest BCUT2D eigenvalue weighted by Gasteiger charge is 2.16. The Kier molecular flexibility index (Phi) is 6.44. The largest absolute Gasteiger partial charge is 0.385 e. The first-order chi connectivity index (χ1) is 9.10. The lowest BCUT2D eigenvalue weighted by Crippen LogP contribution is -2.31. The summed E-state index contributed by atoms with van der Waals surface area (Å²) in [6.07, 6.45) is 0.693. The van der Waals surface area contributed by atoms with Crippen LogP contribution >= 0.6 is 0 Å². The normalized spacial score (nSPS) is 10.7. The number of ether oxygens (including phenoxy) is 2. The molecular formula is C12H19F2N3O2. The van der Waals surface area contributed by atoms with Crippen molar-refractivity contribution in [2.75, 3.05) is 51.2 Å². The molecule has 1 aromatic rings. The lowest BCUT2D eigenvalue weighted by atomic mass is 10.3. The summed E-state index contributed by atoms with van der Waals surface area (Å²) in [6, 6.07) is 0.744. The molecule has 7 heteroatoms. The Morgan fingerprint density at radius 3 is 2.47 bits per heavy atom. The summed E-state index contributed by atoms with van der Waals surface area (Å²) in [5.74, 6) is -1.87. The number of hydrogen-bond acceptors (Lipinski definition) is 5. The molecule has 0 aliphatic carbocycles. The van der Waals surface area contributed by atoms with Crippen LogP contribution in [-0.4, -0.2) is 45.5 Å². The smallest absolute Gasteiger partial charge is 0.168 e. The van der Waals surface area contributed by atoms with Crippen LogP contribution in [0.3, 0.4) is 0 Å². The summed E-state index contributed by atoms with van der Waals surface area (Å²) in [5.41, 5.74) is 5.38. The predicted molar refractivity (Wildman–Crippen MR) is 69.1 cm³/mol. The van der Waals surface area contributed by atoms with E-state index in [2.05, 4.69) is 4.98 Å². The van der Waals surface area contributed by atoms with Crippen molar-refractivity contribution in [1.29, 1.82) is 0 Å². The fraction of sp³-hybridized carbons (Fsp3) is 0.583. The van der Waals surface area contributed by atoms with E-state index in [4.69, 9.17) is 15.2 Å². The second-order valence-corrected chi connectivity index (χ2v) is 3.99. The molecule has 0 unspecified atom stereocenters. The van der Waals surface area contributed by atoms with Crippen LogP contribution in [0.1, 0.15) is 6.42 Å². The Labute approximate surface area is 111 Å². The van der Waals surface area contributed by atoms with Gasteiger partial charge in [0.1, 0.15) is 0 Å². The first kappa shape index (κ1) is 15.6. The van der Waals surface area contributed by atoms with Gasteiger partial charge in [0.2, 0.25) is 0 Å². The minimum absolute atomic E-state index is 0.0343. The van der Waals surface area contributed by atoms with Gasteiger partial charge in [0.05, 0.1) is 6.61 Å². The number of aromatic nitrogens is 1. The van der Waals surface area contributed by atoms with E-state index in [0.29, 0.717) is 32.7 Å². The molecule has 5 nitrogen and oxygen atoms in total. The molecule has 0 spiro atoms. The molecule has 0 bridgehead atoms. The van der Waals surface area contributed by atoms with Crippen LogP contribution in [0.2, 0.25) is 0 Å². The van der Waals surface area contributed by atoms with E-state index in [-0.39, 0.29) is 11.6 Å². The van der Waals surface area contributed by atoms with E-state index >= 15 is 0 Å². The molecule has 1 heterocycles. The average molecular weight is 275 g/mol. The van der Waals surface area contributed by atoms with Gasteiger partial charge in [-0.25, -0.2) is 13.8 Å². The maximum Gasteiger partial charge on any atom is 0.168 e. The van der Waals surface area contributed by atoms with Crippen LogP contribution in [0.5, 0.6) is 0 Å². The minimum atomic E-state index is -0.857. The SMILES string of the molecule is COCCCN(CCOC)c1nc(N)c(F)cc1F. The topological polar surface area (TPSA) is 60.6 Å². The standard InChI is InChI=1S/C12H19F2N3O2/c1-18-6-3-4-17(5-7-19-2)12-10(14)8-9(13)11(15)16-12/h8H,3-7H2,1-2H3,(H2,15,16). The zero-order valence-corrected chi connectivity index (χ0v) is 11.2. The molecule has 1 rings (SSSR count). The Morgan fingerprint density at radius 2 is 1.84 bits per heavy atom. The number of nitrogen functional groups attached to an aromatic ring is 1. The minimum Gasteiger partial charge on any atom is -0.385 e. The third-order valence-corrected chi connectivity index (χ3v) is 2.58. The zero-order valence-electron chi connectivity index (χ0n) is 11.2. The third-order valence-electron chi connectivity index (χ3n) is 2.58. The van der Waals surface area contributed by atoms with Crippen molar-refractivity contribution in [3.8, 4) is 0 Å². The summed E-state index contributed by atoms with van der Waals surface area (Å²) in [5, 5.41) is 0. The third kappa shape index (κ3) is 4.60. The van der Waals surface area contributed by atoms with Gasteiger partial charge in [-0.05, 0) is 6.42 Å². The number of anilines is 2. The number of nitrogens with zero attached hydrogens (tertiary/aromatic N) is 2. The molecule has 0 saturated carbocycles. The highest BCUT2D eigenvalue weighted by Crippen LogP contribution is 2.20. The van der Waals surface area contributed by atoms with Gasteiger partial charge in [-0.3, -0.25) is 0 Å². The summed E-state index contributed by atoms with van der Waals surface area (Å²) in [4.78, 5) is 5.42. The van der Waals surface area contributed by atoms with E-state index in [1.165, 1.54) is 0 Å². The molecule has 108 valence electrons. The number of hydrogen-bond donors (Lipinski definition) is 1.